The summed E-state index contributed by atoms with van der Waals surface area (Å²) in [4.78, 5) is 0. The normalized spacial score (nSPS) is 18.7. The van der Waals surface area contributed by atoms with E-state index in [0.29, 0.717) is 0 Å². The van der Waals surface area contributed by atoms with E-state index in [9.17, 15) is 4.21 Å². The summed E-state index contributed by atoms with van der Waals surface area (Å²) in [6.45, 7) is 6.13. The molecule has 0 aromatic carbocycles. The molecule has 0 rings (SSSR count). The fraction of sp³-hybridized carbons (Fsp3) is 1.00. The highest BCUT2D eigenvalue weighted by molar-refractivity contribution is 7.85. The second-order valence-electron chi connectivity index (χ2n) is 3.07. The molecule has 2 N–H and O–H groups in total. The Hall–Kier alpha value is 0.110. The van der Waals surface area contributed by atoms with E-state index in [1.807, 2.05) is 6.92 Å². The van der Waals surface area contributed by atoms with Crippen LogP contribution in [0.2, 0.25) is 0 Å². The second kappa shape index (κ2) is 6.61. The molecule has 3 unspecified atom stereocenters. The Labute approximate surface area is 78.4 Å². The molecule has 0 aliphatic carbocycles. The highest BCUT2D eigenvalue weighted by atomic mass is 32.2. The zero-order valence-corrected chi connectivity index (χ0v) is 9.19. The lowest BCUT2D eigenvalue weighted by Gasteiger charge is -2.20. The Morgan fingerprint density at radius 3 is 2.25 bits per heavy atom. The van der Waals surface area contributed by atoms with E-state index in [1.54, 1.807) is 0 Å². The number of nitrogens with two attached hydrogens (primary N) is 1. The smallest absolute Gasteiger partial charge is 0.0496 e. The molecule has 2 nitrogen and oxygen atoms in total. The van der Waals surface area contributed by atoms with Gasteiger partial charge < -0.3 is 5.73 Å². The van der Waals surface area contributed by atoms with E-state index >= 15 is 0 Å². The van der Waals surface area contributed by atoms with Gasteiger partial charge in [-0.05, 0) is 12.8 Å². The molecular formula is C9H21NOS. The fourth-order valence-corrected chi connectivity index (χ4v) is 2.74. The van der Waals surface area contributed by atoms with Gasteiger partial charge in [-0.15, -0.1) is 0 Å². The molecule has 0 saturated heterocycles. The summed E-state index contributed by atoms with van der Waals surface area (Å²) in [5.74, 6) is 0.732. The third-order valence-corrected chi connectivity index (χ3v) is 4.05. The molecule has 0 saturated carbocycles. The van der Waals surface area contributed by atoms with Gasteiger partial charge in [-0.1, -0.05) is 27.2 Å². The maximum absolute atomic E-state index is 11.5. The first-order chi connectivity index (χ1) is 5.67. The van der Waals surface area contributed by atoms with E-state index in [2.05, 4.69) is 13.8 Å². The van der Waals surface area contributed by atoms with Crippen molar-refractivity contribution < 1.29 is 4.21 Å². The van der Waals surface area contributed by atoms with E-state index < -0.39 is 10.8 Å². The number of rotatable bonds is 6. The van der Waals surface area contributed by atoms with Crippen LogP contribution in [0.1, 0.15) is 40.0 Å². The van der Waals surface area contributed by atoms with Crippen LogP contribution in [0.15, 0.2) is 0 Å². The molecular weight excluding hydrogens is 170 g/mol. The van der Waals surface area contributed by atoms with Gasteiger partial charge in [0.05, 0.1) is 0 Å². The van der Waals surface area contributed by atoms with Crippen LogP contribution in [0.5, 0.6) is 0 Å². The Bertz CT molecular complexity index is 138. The lowest BCUT2D eigenvalue weighted by molar-refractivity contribution is 0.550. The summed E-state index contributed by atoms with van der Waals surface area (Å²) in [6.07, 6.45) is 3.00. The van der Waals surface area contributed by atoms with Crippen LogP contribution >= 0.6 is 0 Å². The summed E-state index contributed by atoms with van der Waals surface area (Å²) < 4.78 is 11.5. The van der Waals surface area contributed by atoms with Crippen LogP contribution < -0.4 is 5.73 Å². The Kier molecular flexibility index (Phi) is 6.67. The molecule has 0 spiro atoms. The van der Waals surface area contributed by atoms with Gasteiger partial charge in [-0.25, -0.2) is 0 Å². The molecule has 0 amide bonds. The predicted octanol–water partition coefficient (Wildman–Crippen LogP) is 1.66. The molecule has 0 aromatic heterocycles. The first-order valence-corrected chi connectivity index (χ1v) is 6.18. The van der Waals surface area contributed by atoms with Crippen molar-refractivity contribution in [3.63, 3.8) is 0 Å². The van der Waals surface area contributed by atoms with Crippen LogP contribution in [0, 0.1) is 0 Å². The summed E-state index contributed by atoms with van der Waals surface area (Å²) in [7, 11) is -0.721. The van der Waals surface area contributed by atoms with Gasteiger partial charge in [0.1, 0.15) is 0 Å². The van der Waals surface area contributed by atoms with Gasteiger partial charge >= 0.3 is 0 Å². The van der Waals surface area contributed by atoms with Gasteiger partial charge in [-0.3, -0.25) is 4.21 Å². The summed E-state index contributed by atoms with van der Waals surface area (Å²) >= 11 is 0. The zero-order valence-electron chi connectivity index (χ0n) is 8.38. The largest absolute Gasteiger partial charge is 0.327 e. The van der Waals surface area contributed by atoms with Gasteiger partial charge in [0.15, 0.2) is 0 Å². The standard InChI is InChI=1S/C9H21NOS/c1-4-7-8(10)9(5-2)12(11)6-3/h8-9H,4-7,10H2,1-3H3. The fourth-order valence-electron chi connectivity index (χ4n) is 1.42. The lowest BCUT2D eigenvalue weighted by atomic mass is 10.1. The van der Waals surface area contributed by atoms with Crippen molar-refractivity contribution in [3.05, 3.63) is 0 Å². The monoisotopic (exact) mass is 191 g/mol. The maximum atomic E-state index is 11.5. The SMILES string of the molecule is CCCC(N)C(CC)S(=O)CC. The summed E-state index contributed by atoms with van der Waals surface area (Å²) in [6, 6.07) is 0.126. The van der Waals surface area contributed by atoms with E-state index in [-0.39, 0.29) is 11.3 Å². The number of hydrogen-bond donors (Lipinski definition) is 1. The minimum atomic E-state index is -0.721. The Morgan fingerprint density at radius 1 is 1.33 bits per heavy atom. The molecule has 0 bridgehead atoms. The number of hydrogen-bond acceptors (Lipinski definition) is 2. The molecule has 12 heavy (non-hydrogen) atoms. The highest BCUT2D eigenvalue weighted by Gasteiger charge is 2.19. The lowest BCUT2D eigenvalue weighted by Crippen LogP contribution is -2.37. The van der Waals surface area contributed by atoms with Crippen molar-refractivity contribution in [1.82, 2.24) is 0 Å². The quantitative estimate of drug-likeness (QED) is 0.694. The van der Waals surface area contributed by atoms with Gasteiger partial charge in [0, 0.05) is 27.8 Å². The van der Waals surface area contributed by atoms with Gasteiger partial charge in [-0.2, -0.15) is 0 Å². The molecule has 0 heterocycles. The third kappa shape index (κ3) is 3.68. The molecule has 74 valence electrons. The van der Waals surface area contributed by atoms with Crippen molar-refractivity contribution >= 4 is 10.8 Å². The topological polar surface area (TPSA) is 43.1 Å². The molecule has 3 heteroatoms. The van der Waals surface area contributed by atoms with Crippen LogP contribution in [0.3, 0.4) is 0 Å². The second-order valence-corrected chi connectivity index (χ2v) is 5.01. The van der Waals surface area contributed by atoms with Crippen LogP contribution in [-0.2, 0) is 10.8 Å². The highest BCUT2D eigenvalue weighted by Crippen LogP contribution is 2.10. The van der Waals surface area contributed by atoms with Crippen LogP contribution in [0.4, 0.5) is 0 Å². The average Bonchev–Trinajstić information content (AvgIpc) is 2.06. The molecule has 0 aromatic rings. The maximum Gasteiger partial charge on any atom is 0.0496 e. The first kappa shape index (κ1) is 12.1. The summed E-state index contributed by atoms with van der Waals surface area (Å²) in [5, 5.41) is 0.204. The van der Waals surface area contributed by atoms with Crippen molar-refractivity contribution in [1.29, 1.82) is 0 Å². The zero-order chi connectivity index (χ0) is 9.56. The van der Waals surface area contributed by atoms with E-state index in [4.69, 9.17) is 5.73 Å². The van der Waals surface area contributed by atoms with Crippen molar-refractivity contribution in [3.8, 4) is 0 Å². The Balaban J connectivity index is 4.03. The average molecular weight is 191 g/mol. The van der Waals surface area contributed by atoms with Crippen molar-refractivity contribution in [2.24, 2.45) is 5.73 Å². The van der Waals surface area contributed by atoms with E-state index in [1.165, 1.54) is 0 Å². The Morgan fingerprint density at radius 2 is 1.92 bits per heavy atom. The van der Waals surface area contributed by atoms with Crippen LogP contribution in [-0.4, -0.2) is 21.3 Å². The van der Waals surface area contributed by atoms with Gasteiger partial charge in [0.25, 0.3) is 0 Å². The minimum absolute atomic E-state index is 0.126. The minimum Gasteiger partial charge on any atom is -0.327 e. The predicted molar refractivity (Wildman–Crippen MR) is 55.6 cm³/mol. The van der Waals surface area contributed by atoms with Crippen molar-refractivity contribution in [2.45, 2.75) is 51.3 Å². The molecule has 0 aliphatic heterocycles. The van der Waals surface area contributed by atoms with Crippen LogP contribution in [0.25, 0.3) is 0 Å². The summed E-state index contributed by atoms with van der Waals surface area (Å²) in [5.41, 5.74) is 5.92. The van der Waals surface area contributed by atoms with Gasteiger partial charge in [0.2, 0.25) is 0 Å². The van der Waals surface area contributed by atoms with Crippen molar-refractivity contribution in [2.75, 3.05) is 5.75 Å². The third-order valence-electron chi connectivity index (χ3n) is 2.12. The molecule has 3 atom stereocenters. The molecule has 0 fully saturated rings. The van der Waals surface area contributed by atoms with E-state index in [0.717, 1.165) is 25.0 Å². The molecule has 0 aliphatic rings. The molecule has 0 radical (unpaired) electrons. The first-order valence-electron chi connectivity index (χ1n) is 4.80.